The van der Waals surface area contributed by atoms with Gasteiger partial charge in [0.25, 0.3) is 0 Å². The summed E-state index contributed by atoms with van der Waals surface area (Å²) < 4.78 is 2.03. The number of hydrogen-bond acceptors (Lipinski definition) is 5. The van der Waals surface area contributed by atoms with Crippen molar-refractivity contribution in [1.29, 1.82) is 0 Å². The lowest BCUT2D eigenvalue weighted by molar-refractivity contribution is 0.305. The molecule has 0 aromatic carbocycles. The van der Waals surface area contributed by atoms with Gasteiger partial charge in [-0.1, -0.05) is 45.4 Å². The van der Waals surface area contributed by atoms with E-state index < -0.39 is 0 Å². The number of aromatic nitrogens is 4. The highest BCUT2D eigenvalue weighted by Crippen LogP contribution is 2.32. The zero-order valence-corrected chi connectivity index (χ0v) is 13.2. The Hall–Kier alpha value is -0.620. The third kappa shape index (κ3) is 3.69. The Bertz CT molecular complexity index is 392. The van der Waals surface area contributed by atoms with E-state index in [-0.39, 0.29) is 5.41 Å². The first-order valence-corrected chi connectivity index (χ1v) is 8.09. The van der Waals surface area contributed by atoms with Gasteiger partial charge in [-0.25, -0.2) is 4.68 Å². The van der Waals surface area contributed by atoms with Crippen molar-refractivity contribution in [2.45, 2.75) is 63.7 Å². The lowest BCUT2D eigenvalue weighted by Gasteiger charge is -2.29. The van der Waals surface area contributed by atoms with Gasteiger partial charge < -0.3 is 5.32 Å². The van der Waals surface area contributed by atoms with Gasteiger partial charge in [0.05, 0.1) is 6.04 Å². The van der Waals surface area contributed by atoms with Gasteiger partial charge in [0.2, 0.25) is 5.16 Å². The minimum Gasteiger partial charge on any atom is -0.316 e. The molecule has 2 rings (SSSR count). The number of nitrogens with zero attached hydrogens (tertiary/aromatic N) is 4. The molecule has 1 N–H and O–H groups in total. The molecular formula is C13H25N5S. The van der Waals surface area contributed by atoms with Gasteiger partial charge in [-0.3, -0.25) is 0 Å². The molecular weight excluding hydrogens is 258 g/mol. The third-order valence-electron chi connectivity index (χ3n) is 3.91. The van der Waals surface area contributed by atoms with Crippen LogP contribution in [0.25, 0.3) is 0 Å². The maximum Gasteiger partial charge on any atom is 0.209 e. The van der Waals surface area contributed by atoms with E-state index in [0.717, 1.165) is 10.9 Å². The molecule has 0 bridgehead atoms. The summed E-state index contributed by atoms with van der Waals surface area (Å²) >= 11 is 1.76. The molecule has 1 aromatic heterocycles. The van der Waals surface area contributed by atoms with Gasteiger partial charge in [0.15, 0.2) is 0 Å². The fourth-order valence-electron chi connectivity index (χ4n) is 2.58. The molecule has 0 radical (unpaired) electrons. The van der Waals surface area contributed by atoms with Crippen molar-refractivity contribution in [3.8, 4) is 0 Å². The summed E-state index contributed by atoms with van der Waals surface area (Å²) in [5, 5.41) is 16.6. The SMILES string of the molecule is CNC(CSc1nnnn1C1CCCC1)C(C)(C)C. The van der Waals surface area contributed by atoms with Crippen LogP contribution >= 0.6 is 11.8 Å². The summed E-state index contributed by atoms with van der Waals surface area (Å²) in [6.07, 6.45) is 5.03. The lowest BCUT2D eigenvalue weighted by Crippen LogP contribution is -2.40. The van der Waals surface area contributed by atoms with Crippen molar-refractivity contribution in [1.82, 2.24) is 25.5 Å². The molecule has 0 saturated heterocycles. The maximum absolute atomic E-state index is 4.19. The number of hydrogen-bond donors (Lipinski definition) is 1. The second kappa shape index (κ2) is 6.22. The highest BCUT2D eigenvalue weighted by Gasteiger charge is 2.26. The Morgan fingerprint density at radius 1 is 1.37 bits per heavy atom. The van der Waals surface area contributed by atoms with Crippen LogP contribution in [0.15, 0.2) is 5.16 Å². The van der Waals surface area contributed by atoms with E-state index in [1.807, 2.05) is 11.7 Å². The highest BCUT2D eigenvalue weighted by atomic mass is 32.2. The smallest absolute Gasteiger partial charge is 0.209 e. The molecule has 0 aliphatic heterocycles. The van der Waals surface area contributed by atoms with E-state index >= 15 is 0 Å². The molecule has 1 aromatic rings. The van der Waals surface area contributed by atoms with Gasteiger partial charge >= 0.3 is 0 Å². The number of tetrazole rings is 1. The van der Waals surface area contributed by atoms with Gasteiger partial charge in [-0.2, -0.15) is 0 Å². The standard InChI is InChI=1S/C13H25N5S/c1-13(2,3)11(14-4)9-19-12-15-16-17-18(12)10-7-5-6-8-10/h10-11,14H,5-9H2,1-4H3. The molecule has 108 valence electrons. The van der Waals surface area contributed by atoms with Crippen molar-refractivity contribution in [2.24, 2.45) is 5.41 Å². The molecule has 1 heterocycles. The van der Waals surface area contributed by atoms with Crippen LogP contribution in [0.3, 0.4) is 0 Å². The summed E-state index contributed by atoms with van der Waals surface area (Å²) in [4.78, 5) is 0. The van der Waals surface area contributed by atoms with E-state index in [1.165, 1.54) is 25.7 Å². The molecule has 1 aliphatic rings. The summed E-state index contributed by atoms with van der Waals surface area (Å²) in [6.45, 7) is 6.78. The van der Waals surface area contributed by atoms with Crippen molar-refractivity contribution in [3.05, 3.63) is 0 Å². The van der Waals surface area contributed by atoms with Crippen molar-refractivity contribution < 1.29 is 0 Å². The molecule has 1 atom stereocenters. The molecule has 0 spiro atoms. The Morgan fingerprint density at radius 2 is 2.05 bits per heavy atom. The van der Waals surface area contributed by atoms with Gasteiger partial charge in [-0.05, 0) is 35.7 Å². The summed E-state index contributed by atoms with van der Waals surface area (Å²) in [5.74, 6) is 0.993. The molecule has 5 nitrogen and oxygen atoms in total. The molecule has 19 heavy (non-hydrogen) atoms. The normalized spacial score (nSPS) is 18.9. The van der Waals surface area contributed by atoms with E-state index in [4.69, 9.17) is 0 Å². The fraction of sp³-hybridized carbons (Fsp3) is 0.923. The highest BCUT2D eigenvalue weighted by molar-refractivity contribution is 7.99. The topological polar surface area (TPSA) is 55.6 Å². The van der Waals surface area contributed by atoms with Gasteiger partial charge in [0, 0.05) is 11.8 Å². The van der Waals surface area contributed by atoms with Crippen LogP contribution in [-0.2, 0) is 0 Å². The molecule has 0 amide bonds. The molecule has 1 fully saturated rings. The largest absolute Gasteiger partial charge is 0.316 e. The summed E-state index contributed by atoms with van der Waals surface area (Å²) in [6, 6.07) is 0.964. The second-order valence-corrected chi connectivity index (χ2v) is 7.35. The predicted molar refractivity (Wildman–Crippen MR) is 78.3 cm³/mol. The Kier molecular flexibility index (Phi) is 4.84. The van der Waals surface area contributed by atoms with Gasteiger partial charge in [0.1, 0.15) is 0 Å². The minimum atomic E-state index is 0.243. The third-order valence-corrected chi connectivity index (χ3v) is 4.93. The number of thioether (sulfide) groups is 1. The zero-order valence-electron chi connectivity index (χ0n) is 12.4. The fourth-order valence-corrected chi connectivity index (χ4v) is 3.98. The maximum atomic E-state index is 4.19. The molecule has 1 aliphatic carbocycles. The van der Waals surface area contributed by atoms with Crippen molar-refractivity contribution >= 4 is 11.8 Å². The van der Waals surface area contributed by atoms with E-state index in [1.54, 1.807) is 11.8 Å². The van der Waals surface area contributed by atoms with E-state index in [9.17, 15) is 0 Å². The lowest BCUT2D eigenvalue weighted by atomic mass is 9.88. The molecule has 1 unspecified atom stereocenters. The summed E-state index contributed by atoms with van der Waals surface area (Å²) in [5.41, 5.74) is 0.243. The Labute approximate surface area is 119 Å². The van der Waals surface area contributed by atoms with Crippen molar-refractivity contribution in [2.75, 3.05) is 12.8 Å². The summed E-state index contributed by atoms with van der Waals surface area (Å²) in [7, 11) is 2.02. The monoisotopic (exact) mass is 283 g/mol. The second-order valence-electron chi connectivity index (χ2n) is 6.36. The first-order valence-electron chi connectivity index (χ1n) is 7.10. The van der Waals surface area contributed by atoms with Crippen LogP contribution in [0.4, 0.5) is 0 Å². The van der Waals surface area contributed by atoms with E-state index in [0.29, 0.717) is 12.1 Å². The first kappa shape index (κ1) is 14.8. The van der Waals surface area contributed by atoms with Crippen LogP contribution in [0.2, 0.25) is 0 Å². The van der Waals surface area contributed by atoms with Gasteiger partial charge in [-0.15, -0.1) is 5.10 Å². The minimum absolute atomic E-state index is 0.243. The van der Waals surface area contributed by atoms with Crippen LogP contribution in [-0.4, -0.2) is 39.0 Å². The average Bonchev–Trinajstić information content (AvgIpc) is 2.97. The predicted octanol–water partition coefficient (Wildman–Crippen LogP) is 2.51. The van der Waals surface area contributed by atoms with Crippen LogP contribution < -0.4 is 5.32 Å². The Balaban J connectivity index is 1.98. The zero-order chi connectivity index (χ0) is 13.9. The van der Waals surface area contributed by atoms with E-state index in [2.05, 4.69) is 41.6 Å². The quantitative estimate of drug-likeness (QED) is 0.842. The van der Waals surface area contributed by atoms with Crippen LogP contribution in [0.1, 0.15) is 52.5 Å². The first-order chi connectivity index (χ1) is 9.02. The Morgan fingerprint density at radius 3 is 2.63 bits per heavy atom. The molecule has 1 saturated carbocycles. The molecule has 6 heteroatoms. The average molecular weight is 283 g/mol. The number of nitrogens with one attached hydrogen (secondary N) is 1. The number of rotatable bonds is 5. The van der Waals surface area contributed by atoms with Crippen molar-refractivity contribution in [3.63, 3.8) is 0 Å². The van der Waals surface area contributed by atoms with Crippen LogP contribution in [0, 0.1) is 5.41 Å². The van der Waals surface area contributed by atoms with Crippen LogP contribution in [0.5, 0.6) is 0 Å².